The van der Waals surface area contributed by atoms with Crippen LogP contribution in [0, 0.1) is 0 Å². The number of alkyl halides is 1. The monoisotopic (exact) mass is 276 g/mol. The van der Waals surface area contributed by atoms with Gasteiger partial charge in [-0.05, 0) is 46.8 Å². The average Bonchev–Trinajstić information content (AvgIpc) is 2.17. The van der Waals surface area contributed by atoms with Gasteiger partial charge in [-0.15, -0.1) is 11.8 Å². The van der Waals surface area contributed by atoms with Crippen molar-refractivity contribution in [3.8, 4) is 0 Å². The molecule has 1 nitrogen and oxygen atoms in total. The Morgan fingerprint density at radius 3 is 2.64 bits per heavy atom. The van der Waals surface area contributed by atoms with Crippen LogP contribution in [0.15, 0.2) is 27.6 Å². The Labute approximate surface area is 95.2 Å². The predicted octanol–water partition coefficient (Wildman–Crippen LogP) is 3.55. The normalized spacial score (nSPS) is 14.9. The second kappa shape index (κ2) is 4.45. The number of thioether (sulfide) groups is 1. The van der Waals surface area contributed by atoms with Gasteiger partial charge in [-0.2, -0.15) is 0 Å². The highest BCUT2D eigenvalue weighted by atomic mass is 79.9. The molecule has 0 spiro atoms. The van der Waals surface area contributed by atoms with Crippen molar-refractivity contribution in [2.75, 3.05) is 6.26 Å². The maximum atomic E-state index is 13.6. The second-order valence-electron chi connectivity index (χ2n) is 3.04. The van der Waals surface area contributed by atoms with Crippen molar-refractivity contribution >= 4 is 34.0 Å². The number of hydrogen-bond acceptors (Lipinski definition) is 2. The first kappa shape index (κ1) is 11.7. The van der Waals surface area contributed by atoms with Crippen molar-refractivity contribution in [2.24, 2.45) is 0 Å². The van der Waals surface area contributed by atoms with Crippen LogP contribution in [0.4, 0.5) is 4.39 Å². The minimum atomic E-state index is -1.90. The fraction of sp³-hybridized carbons (Fsp3) is 0.300. The molecular weight excluding hydrogens is 267 g/mol. The summed E-state index contributed by atoms with van der Waals surface area (Å²) in [4.78, 5) is 11.5. The molecule has 0 fully saturated rings. The summed E-state index contributed by atoms with van der Waals surface area (Å²) < 4.78 is 14.4. The van der Waals surface area contributed by atoms with Crippen LogP contribution in [0.3, 0.4) is 0 Å². The topological polar surface area (TPSA) is 17.1 Å². The van der Waals surface area contributed by atoms with Gasteiger partial charge in [0.1, 0.15) is 0 Å². The van der Waals surface area contributed by atoms with Crippen LogP contribution in [0.5, 0.6) is 0 Å². The number of halogens is 2. The van der Waals surface area contributed by atoms with E-state index in [0.717, 1.165) is 9.37 Å². The summed E-state index contributed by atoms with van der Waals surface area (Å²) >= 11 is 4.89. The smallest absolute Gasteiger partial charge is 0.188 e. The van der Waals surface area contributed by atoms with Gasteiger partial charge >= 0.3 is 0 Å². The Hall–Kier alpha value is -0.350. The van der Waals surface area contributed by atoms with Crippen molar-refractivity contribution in [1.29, 1.82) is 0 Å². The van der Waals surface area contributed by atoms with Gasteiger partial charge in [0.2, 0.25) is 0 Å². The molecule has 0 radical (unpaired) electrons. The third-order valence-electron chi connectivity index (χ3n) is 1.94. The molecule has 76 valence electrons. The first-order valence-electron chi connectivity index (χ1n) is 4.00. The summed E-state index contributed by atoms with van der Waals surface area (Å²) in [6.07, 6.45) is 2.25. The summed E-state index contributed by atoms with van der Waals surface area (Å²) in [7, 11) is 0. The summed E-state index contributed by atoms with van der Waals surface area (Å²) in [5, 5.41) is 0. The zero-order chi connectivity index (χ0) is 10.8. The van der Waals surface area contributed by atoms with E-state index in [4.69, 9.17) is 0 Å². The van der Waals surface area contributed by atoms with E-state index in [1.54, 1.807) is 30.0 Å². The van der Waals surface area contributed by atoms with E-state index >= 15 is 0 Å². The lowest BCUT2D eigenvalue weighted by Gasteiger charge is -2.14. The Bertz CT molecular complexity index is 352. The highest BCUT2D eigenvalue weighted by molar-refractivity contribution is 9.10. The third kappa shape index (κ3) is 2.36. The van der Waals surface area contributed by atoms with Crippen LogP contribution >= 0.6 is 27.7 Å². The van der Waals surface area contributed by atoms with Gasteiger partial charge in [0.05, 0.1) is 0 Å². The van der Waals surface area contributed by atoms with Crippen LogP contribution < -0.4 is 0 Å². The van der Waals surface area contributed by atoms with Crippen molar-refractivity contribution in [1.82, 2.24) is 0 Å². The minimum Gasteiger partial charge on any atom is -0.299 e. The van der Waals surface area contributed by atoms with Crippen LogP contribution in [0.2, 0.25) is 0 Å². The first-order chi connectivity index (χ1) is 6.51. The van der Waals surface area contributed by atoms with E-state index in [1.165, 1.54) is 6.92 Å². The van der Waals surface area contributed by atoms with Crippen LogP contribution in [-0.2, 0) is 10.5 Å². The van der Waals surface area contributed by atoms with Crippen molar-refractivity contribution in [3.63, 3.8) is 0 Å². The zero-order valence-corrected chi connectivity index (χ0v) is 10.3. The van der Waals surface area contributed by atoms with Gasteiger partial charge in [0, 0.05) is 9.37 Å². The number of hydrogen-bond donors (Lipinski definition) is 0. The SMILES string of the molecule is CSc1ccc(C(C)(F)C=O)cc1Br. The van der Waals surface area contributed by atoms with Crippen LogP contribution in [-0.4, -0.2) is 12.5 Å². The zero-order valence-electron chi connectivity index (χ0n) is 7.88. The largest absolute Gasteiger partial charge is 0.299 e. The lowest BCUT2D eigenvalue weighted by atomic mass is 10.0. The fourth-order valence-electron chi connectivity index (χ4n) is 1.04. The standard InChI is InChI=1S/C10H10BrFOS/c1-10(12,6-13)7-3-4-9(14-2)8(11)5-7/h3-6H,1-2H3. The predicted molar refractivity (Wildman–Crippen MR) is 60.4 cm³/mol. The summed E-state index contributed by atoms with van der Waals surface area (Å²) in [5.74, 6) is 0. The van der Waals surface area contributed by atoms with E-state index < -0.39 is 5.67 Å². The van der Waals surface area contributed by atoms with Gasteiger partial charge in [-0.3, -0.25) is 4.79 Å². The lowest BCUT2D eigenvalue weighted by Crippen LogP contribution is -2.16. The Morgan fingerprint density at radius 2 is 2.21 bits per heavy atom. The second-order valence-corrected chi connectivity index (χ2v) is 4.75. The average molecular weight is 277 g/mol. The molecule has 0 saturated heterocycles. The Morgan fingerprint density at radius 1 is 1.57 bits per heavy atom. The van der Waals surface area contributed by atoms with E-state index in [-0.39, 0.29) is 0 Å². The number of rotatable bonds is 3. The number of benzene rings is 1. The highest BCUT2D eigenvalue weighted by Gasteiger charge is 2.25. The van der Waals surface area contributed by atoms with Crippen LogP contribution in [0.1, 0.15) is 12.5 Å². The third-order valence-corrected chi connectivity index (χ3v) is 3.65. The fourth-order valence-corrected chi connectivity index (χ4v) is 2.36. The molecule has 4 heteroatoms. The molecular formula is C10H10BrFOS. The highest BCUT2D eigenvalue weighted by Crippen LogP contribution is 2.31. The quantitative estimate of drug-likeness (QED) is 0.620. The van der Waals surface area contributed by atoms with E-state index in [9.17, 15) is 9.18 Å². The lowest BCUT2D eigenvalue weighted by molar-refractivity contribution is -0.117. The number of carbonyl (C=O) groups is 1. The molecule has 0 saturated carbocycles. The molecule has 0 bridgehead atoms. The molecule has 0 aliphatic heterocycles. The maximum absolute atomic E-state index is 13.6. The van der Waals surface area contributed by atoms with Gasteiger partial charge in [0.15, 0.2) is 12.0 Å². The molecule has 1 aromatic rings. The Kier molecular flexibility index (Phi) is 3.72. The molecule has 0 N–H and O–H groups in total. The summed E-state index contributed by atoms with van der Waals surface area (Å²) in [6.45, 7) is 1.25. The number of carbonyl (C=O) groups excluding carboxylic acids is 1. The minimum absolute atomic E-state index is 0.313. The molecule has 1 atom stereocenters. The van der Waals surface area contributed by atoms with Crippen molar-refractivity contribution in [3.05, 3.63) is 28.2 Å². The summed E-state index contributed by atoms with van der Waals surface area (Å²) in [6, 6.07) is 5.07. The molecule has 1 aromatic carbocycles. The van der Waals surface area contributed by atoms with Gasteiger partial charge < -0.3 is 0 Å². The molecule has 1 unspecified atom stereocenters. The van der Waals surface area contributed by atoms with Gasteiger partial charge in [0.25, 0.3) is 0 Å². The van der Waals surface area contributed by atoms with Crippen molar-refractivity contribution in [2.45, 2.75) is 17.5 Å². The molecule has 1 rings (SSSR count). The van der Waals surface area contributed by atoms with Gasteiger partial charge in [-0.25, -0.2) is 4.39 Å². The molecule has 0 heterocycles. The van der Waals surface area contributed by atoms with E-state index in [2.05, 4.69) is 15.9 Å². The summed E-state index contributed by atoms with van der Waals surface area (Å²) in [5.41, 5.74) is -1.53. The van der Waals surface area contributed by atoms with E-state index in [0.29, 0.717) is 11.8 Å². The molecule has 0 aromatic heterocycles. The maximum Gasteiger partial charge on any atom is 0.188 e. The molecule has 0 amide bonds. The Balaban J connectivity index is 3.15. The molecule has 0 aliphatic rings. The van der Waals surface area contributed by atoms with Crippen molar-refractivity contribution < 1.29 is 9.18 Å². The molecule has 0 aliphatic carbocycles. The first-order valence-corrected chi connectivity index (χ1v) is 6.02. The van der Waals surface area contributed by atoms with Gasteiger partial charge in [-0.1, -0.05) is 6.07 Å². The molecule has 14 heavy (non-hydrogen) atoms. The van der Waals surface area contributed by atoms with E-state index in [1.807, 2.05) is 6.26 Å². The number of aldehydes is 1. The van der Waals surface area contributed by atoms with Crippen LogP contribution in [0.25, 0.3) is 0 Å².